The highest BCUT2D eigenvalue weighted by Crippen LogP contribution is 2.23. The average Bonchev–Trinajstić information content (AvgIpc) is 2.73. The van der Waals surface area contributed by atoms with Crippen LogP contribution >= 0.6 is 0 Å². The fraction of sp³-hybridized carbons (Fsp3) is 0.174. The minimum atomic E-state index is -3.74. The Labute approximate surface area is 180 Å². The van der Waals surface area contributed by atoms with Crippen LogP contribution in [0.15, 0.2) is 71.6 Å². The van der Waals surface area contributed by atoms with E-state index in [0.717, 1.165) is 22.0 Å². The number of anilines is 1. The van der Waals surface area contributed by atoms with Gasteiger partial charge in [0.1, 0.15) is 11.6 Å². The number of benzene rings is 3. The number of carbonyl (C=O) groups is 1. The van der Waals surface area contributed by atoms with Gasteiger partial charge in [-0.15, -0.1) is 0 Å². The van der Waals surface area contributed by atoms with E-state index in [4.69, 9.17) is 0 Å². The van der Waals surface area contributed by atoms with Gasteiger partial charge in [0.25, 0.3) is 15.9 Å². The molecule has 0 aliphatic rings. The molecule has 1 N–H and O–H groups in total. The van der Waals surface area contributed by atoms with E-state index < -0.39 is 33.6 Å². The average molecular weight is 445 g/mol. The number of nitrogens with one attached hydrogen (secondary N) is 1. The molecule has 1 unspecified atom stereocenters. The largest absolute Gasteiger partial charge is 0.345 e. The third-order valence-corrected chi connectivity index (χ3v) is 6.75. The standard InChI is InChI=1S/C23H22F2N2O3S/c1-15-4-11-20(12-5-15)31(29,30)27(3)19-9-6-17(7-10-19)23(28)26-16(2)21-13-8-18(24)14-22(21)25/h4-14,16H,1-3H3,(H,26,28). The molecule has 0 aromatic heterocycles. The zero-order valence-electron chi connectivity index (χ0n) is 17.3. The zero-order chi connectivity index (χ0) is 22.8. The molecule has 3 aromatic rings. The Morgan fingerprint density at radius 3 is 2.16 bits per heavy atom. The smallest absolute Gasteiger partial charge is 0.264 e. The van der Waals surface area contributed by atoms with Crippen LogP contribution in [0.1, 0.15) is 34.5 Å². The Kier molecular flexibility index (Phi) is 6.40. The number of aryl methyl sites for hydroxylation is 1. The summed E-state index contributed by atoms with van der Waals surface area (Å²) in [6, 6.07) is 15.0. The molecule has 0 heterocycles. The summed E-state index contributed by atoms with van der Waals surface area (Å²) >= 11 is 0. The van der Waals surface area contributed by atoms with Gasteiger partial charge in [-0.3, -0.25) is 9.10 Å². The molecular weight excluding hydrogens is 422 g/mol. The van der Waals surface area contributed by atoms with E-state index in [-0.39, 0.29) is 16.0 Å². The van der Waals surface area contributed by atoms with E-state index in [1.807, 2.05) is 6.92 Å². The van der Waals surface area contributed by atoms with Gasteiger partial charge in [-0.25, -0.2) is 17.2 Å². The second-order valence-corrected chi connectivity index (χ2v) is 9.16. The second-order valence-electron chi connectivity index (χ2n) is 7.19. The molecule has 0 saturated carbocycles. The summed E-state index contributed by atoms with van der Waals surface area (Å²) in [5.41, 5.74) is 1.77. The molecule has 5 nitrogen and oxygen atoms in total. The van der Waals surface area contributed by atoms with Crippen molar-refractivity contribution in [1.82, 2.24) is 5.32 Å². The number of carbonyl (C=O) groups excluding carboxylic acids is 1. The maximum atomic E-state index is 13.9. The van der Waals surface area contributed by atoms with Crippen molar-refractivity contribution in [3.63, 3.8) is 0 Å². The summed E-state index contributed by atoms with van der Waals surface area (Å²) in [5, 5.41) is 2.65. The first-order valence-corrected chi connectivity index (χ1v) is 10.9. The quantitative estimate of drug-likeness (QED) is 0.605. The van der Waals surface area contributed by atoms with E-state index in [9.17, 15) is 22.0 Å². The van der Waals surface area contributed by atoms with Crippen LogP contribution in [0.5, 0.6) is 0 Å². The highest BCUT2D eigenvalue weighted by Gasteiger charge is 2.22. The summed E-state index contributed by atoms with van der Waals surface area (Å²) in [6.07, 6.45) is 0. The van der Waals surface area contributed by atoms with Crippen LogP contribution in [0.3, 0.4) is 0 Å². The molecule has 0 aliphatic heterocycles. The maximum absolute atomic E-state index is 13.9. The predicted molar refractivity (Wildman–Crippen MR) is 115 cm³/mol. The van der Waals surface area contributed by atoms with E-state index >= 15 is 0 Å². The van der Waals surface area contributed by atoms with E-state index in [2.05, 4.69) is 5.32 Å². The molecule has 0 saturated heterocycles. The van der Waals surface area contributed by atoms with Crippen LogP contribution in [0, 0.1) is 18.6 Å². The Balaban J connectivity index is 1.74. The molecule has 0 radical (unpaired) electrons. The number of hydrogen-bond donors (Lipinski definition) is 1. The van der Waals surface area contributed by atoms with Gasteiger partial charge in [-0.2, -0.15) is 0 Å². The minimum Gasteiger partial charge on any atom is -0.345 e. The van der Waals surface area contributed by atoms with E-state index in [1.165, 1.54) is 37.4 Å². The van der Waals surface area contributed by atoms with Gasteiger partial charge in [-0.05, 0) is 56.3 Å². The lowest BCUT2D eigenvalue weighted by atomic mass is 10.1. The maximum Gasteiger partial charge on any atom is 0.264 e. The molecule has 1 amide bonds. The van der Waals surface area contributed by atoms with Crippen LogP contribution in [0.4, 0.5) is 14.5 Å². The Morgan fingerprint density at radius 1 is 0.968 bits per heavy atom. The first-order valence-electron chi connectivity index (χ1n) is 9.51. The van der Waals surface area contributed by atoms with Crippen molar-refractivity contribution in [2.24, 2.45) is 0 Å². The number of rotatable bonds is 6. The van der Waals surface area contributed by atoms with Gasteiger partial charge in [0.05, 0.1) is 16.6 Å². The molecule has 1 atom stereocenters. The van der Waals surface area contributed by atoms with Crippen molar-refractivity contribution in [3.8, 4) is 0 Å². The van der Waals surface area contributed by atoms with Crippen molar-refractivity contribution >= 4 is 21.6 Å². The Bertz CT molecular complexity index is 1190. The number of nitrogens with zero attached hydrogens (tertiary/aromatic N) is 1. The van der Waals surface area contributed by atoms with Crippen molar-refractivity contribution in [2.75, 3.05) is 11.4 Å². The summed E-state index contributed by atoms with van der Waals surface area (Å²) in [5.74, 6) is -1.90. The minimum absolute atomic E-state index is 0.162. The Morgan fingerprint density at radius 2 is 1.58 bits per heavy atom. The topological polar surface area (TPSA) is 66.5 Å². The van der Waals surface area contributed by atoms with Crippen LogP contribution in [-0.2, 0) is 10.0 Å². The van der Waals surface area contributed by atoms with Gasteiger partial charge in [-0.1, -0.05) is 23.8 Å². The molecular formula is C23H22F2N2O3S. The van der Waals surface area contributed by atoms with Crippen molar-refractivity contribution in [1.29, 1.82) is 0 Å². The van der Waals surface area contributed by atoms with Crippen LogP contribution in [0.2, 0.25) is 0 Å². The van der Waals surface area contributed by atoms with Crippen LogP contribution < -0.4 is 9.62 Å². The molecule has 0 fully saturated rings. The van der Waals surface area contributed by atoms with Gasteiger partial charge in [0.2, 0.25) is 0 Å². The molecule has 0 spiro atoms. The zero-order valence-corrected chi connectivity index (χ0v) is 18.1. The lowest BCUT2D eigenvalue weighted by Crippen LogP contribution is -2.28. The van der Waals surface area contributed by atoms with Gasteiger partial charge < -0.3 is 5.32 Å². The fourth-order valence-corrected chi connectivity index (χ4v) is 4.24. The van der Waals surface area contributed by atoms with Crippen molar-refractivity contribution in [2.45, 2.75) is 24.8 Å². The summed E-state index contributed by atoms with van der Waals surface area (Å²) < 4.78 is 53.7. The van der Waals surface area contributed by atoms with Crippen LogP contribution in [-0.4, -0.2) is 21.4 Å². The van der Waals surface area contributed by atoms with E-state index in [0.29, 0.717) is 5.69 Å². The summed E-state index contributed by atoms with van der Waals surface area (Å²) in [4.78, 5) is 12.7. The molecule has 31 heavy (non-hydrogen) atoms. The number of hydrogen-bond acceptors (Lipinski definition) is 3. The number of amides is 1. The van der Waals surface area contributed by atoms with Gasteiger partial charge in [0.15, 0.2) is 0 Å². The molecule has 0 aliphatic carbocycles. The van der Waals surface area contributed by atoms with Crippen molar-refractivity contribution in [3.05, 3.63) is 95.1 Å². The van der Waals surface area contributed by atoms with Crippen molar-refractivity contribution < 1.29 is 22.0 Å². The summed E-state index contributed by atoms with van der Waals surface area (Å²) in [7, 11) is -2.31. The molecule has 3 aromatic carbocycles. The van der Waals surface area contributed by atoms with E-state index in [1.54, 1.807) is 31.2 Å². The highest BCUT2D eigenvalue weighted by molar-refractivity contribution is 7.92. The number of halogens is 2. The predicted octanol–water partition coefficient (Wildman–Crippen LogP) is 4.59. The normalized spacial score (nSPS) is 12.3. The lowest BCUT2D eigenvalue weighted by molar-refractivity contribution is 0.0939. The monoisotopic (exact) mass is 444 g/mol. The highest BCUT2D eigenvalue weighted by atomic mass is 32.2. The summed E-state index contributed by atoms with van der Waals surface area (Å²) in [6.45, 7) is 3.46. The molecule has 8 heteroatoms. The van der Waals surface area contributed by atoms with Gasteiger partial charge in [0, 0.05) is 24.2 Å². The third kappa shape index (κ3) is 4.91. The van der Waals surface area contributed by atoms with Gasteiger partial charge >= 0.3 is 0 Å². The van der Waals surface area contributed by atoms with Crippen LogP contribution in [0.25, 0.3) is 0 Å². The molecule has 162 valence electrons. The Hall–Kier alpha value is -3.26. The lowest BCUT2D eigenvalue weighted by Gasteiger charge is -2.20. The number of sulfonamides is 1. The second kappa shape index (κ2) is 8.85. The molecule has 3 rings (SSSR count). The fourth-order valence-electron chi connectivity index (χ4n) is 3.04. The first kappa shape index (κ1) is 22.4. The third-order valence-electron chi connectivity index (χ3n) is 4.95. The molecule has 0 bridgehead atoms. The first-order chi connectivity index (χ1) is 14.6. The SMILES string of the molecule is Cc1ccc(S(=O)(=O)N(C)c2ccc(C(=O)NC(C)c3ccc(F)cc3F)cc2)cc1.